The first kappa shape index (κ1) is 22.5. The summed E-state index contributed by atoms with van der Waals surface area (Å²) < 4.78 is 0. The minimum Gasteiger partial charge on any atom is -0.354 e. The quantitative estimate of drug-likeness (QED) is 0.727. The van der Waals surface area contributed by atoms with Crippen molar-refractivity contribution in [2.24, 2.45) is 5.92 Å². The number of benzene rings is 1. The van der Waals surface area contributed by atoms with E-state index in [-0.39, 0.29) is 17.9 Å². The van der Waals surface area contributed by atoms with E-state index in [2.05, 4.69) is 15.2 Å². The Morgan fingerprint density at radius 3 is 2.53 bits per heavy atom. The first-order valence-corrected chi connectivity index (χ1v) is 11.9. The lowest BCUT2D eigenvalue weighted by molar-refractivity contribution is -0.129. The molecule has 1 aliphatic carbocycles. The fourth-order valence-corrected chi connectivity index (χ4v) is 5.08. The zero-order valence-electron chi connectivity index (χ0n) is 19.0. The predicted molar refractivity (Wildman–Crippen MR) is 125 cm³/mol. The Labute approximate surface area is 191 Å². The number of piperazine rings is 1. The highest BCUT2D eigenvalue weighted by atomic mass is 16.2. The summed E-state index contributed by atoms with van der Waals surface area (Å²) in [5.74, 6) is 0.626. The van der Waals surface area contributed by atoms with Crippen LogP contribution >= 0.6 is 0 Å². The third-order valence-electron chi connectivity index (χ3n) is 6.78. The second-order valence-corrected chi connectivity index (χ2v) is 9.05. The van der Waals surface area contributed by atoms with Crippen molar-refractivity contribution in [1.82, 2.24) is 20.1 Å². The highest BCUT2D eigenvalue weighted by Crippen LogP contribution is 2.31. The van der Waals surface area contributed by atoms with E-state index in [9.17, 15) is 9.59 Å². The number of carbonyl (C=O) groups is 2. The van der Waals surface area contributed by atoms with Gasteiger partial charge < -0.3 is 10.2 Å². The third kappa shape index (κ3) is 5.54. The van der Waals surface area contributed by atoms with Gasteiger partial charge in [0.25, 0.3) is 5.91 Å². The Morgan fingerprint density at radius 2 is 1.84 bits per heavy atom. The normalized spacial score (nSPS) is 18.5. The number of pyridine rings is 1. The molecule has 1 saturated heterocycles. The molecule has 0 bridgehead atoms. The number of carbonyl (C=O) groups excluding carboxylic acids is 2. The molecule has 2 aromatic rings. The maximum Gasteiger partial charge on any atom is 0.253 e. The van der Waals surface area contributed by atoms with Crippen LogP contribution < -0.4 is 5.32 Å². The molecule has 32 heavy (non-hydrogen) atoms. The number of nitrogens with zero attached hydrogens (tertiary/aromatic N) is 3. The fourth-order valence-electron chi connectivity index (χ4n) is 5.08. The van der Waals surface area contributed by atoms with Crippen molar-refractivity contribution >= 4 is 11.8 Å². The SMILES string of the molecule is Cc1cccc(C(=O)N2CCN(C(C(=O)NCCc3ccccn3)C3CCCC3)CC2)c1. The Kier molecular flexibility index (Phi) is 7.53. The summed E-state index contributed by atoms with van der Waals surface area (Å²) >= 11 is 0. The number of rotatable bonds is 7. The van der Waals surface area contributed by atoms with Crippen LogP contribution in [0, 0.1) is 12.8 Å². The molecule has 2 aliphatic rings. The fraction of sp³-hybridized carbons (Fsp3) is 0.500. The van der Waals surface area contributed by atoms with E-state index >= 15 is 0 Å². The first-order valence-electron chi connectivity index (χ1n) is 11.9. The van der Waals surface area contributed by atoms with E-state index in [0.29, 0.717) is 25.6 Å². The Morgan fingerprint density at radius 1 is 1.06 bits per heavy atom. The Balaban J connectivity index is 1.35. The van der Waals surface area contributed by atoms with Gasteiger partial charge in [0.2, 0.25) is 5.91 Å². The van der Waals surface area contributed by atoms with E-state index in [0.717, 1.165) is 49.2 Å². The summed E-state index contributed by atoms with van der Waals surface area (Å²) in [7, 11) is 0. The highest BCUT2D eigenvalue weighted by molar-refractivity contribution is 5.94. The highest BCUT2D eigenvalue weighted by Gasteiger charge is 2.37. The molecule has 4 rings (SSSR count). The minimum absolute atomic E-state index is 0.0885. The van der Waals surface area contributed by atoms with Crippen molar-refractivity contribution in [1.29, 1.82) is 0 Å². The molecule has 1 saturated carbocycles. The summed E-state index contributed by atoms with van der Waals surface area (Å²) in [5, 5.41) is 3.17. The van der Waals surface area contributed by atoms with Crippen molar-refractivity contribution < 1.29 is 9.59 Å². The van der Waals surface area contributed by atoms with Gasteiger partial charge in [-0.25, -0.2) is 0 Å². The smallest absolute Gasteiger partial charge is 0.253 e. The lowest BCUT2D eigenvalue weighted by Gasteiger charge is -2.40. The molecule has 1 N–H and O–H groups in total. The molecule has 0 spiro atoms. The van der Waals surface area contributed by atoms with Crippen molar-refractivity contribution in [3.05, 3.63) is 65.5 Å². The molecule has 2 heterocycles. The van der Waals surface area contributed by atoms with E-state index in [4.69, 9.17) is 0 Å². The first-order chi connectivity index (χ1) is 15.6. The Bertz CT molecular complexity index is 903. The van der Waals surface area contributed by atoms with Crippen LogP contribution in [0.15, 0.2) is 48.7 Å². The molecule has 1 aromatic heterocycles. The molecule has 2 fully saturated rings. The van der Waals surface area contributed by atoms with Gasteiger partial charge in [-0.15, -0.1) is 0 Å². The number of nitrogens with one attached hydrogen (secondary N) is 1. The molecule has 6 nitrogen and oxygen atoms in total. The van der Waals surface area contributed by atoms with Crippen molar-refractivity contribution in [2.45, 2.75) is 45.1 Å². The lowest BCUT2D eigenvalue weighted by Crippen LogP contribution is -2.58. The van der Waals surface area contributed by atoms with Gasteiger partial charge in [0.15, 0.2) is 0 Å². The van der Waals surface area contributed by atoms with Gasteiger partial charge in [-0.3, -0.25) is 19.5 Å². The predicted octanol–water partition coefficient (Wildman–Crippen LogP) is 3.07. The average Bonchev–Trinajstić information content (AvgIpc) is 3.34. The lowest BCUT2D eigenvalue weighted by atomic mass is 9.95. The van der Waals surface area contributed by atoms with Crippen LogP contribution in [0.1, 0.15) is 47.3 Å². The summed E-state index contributed by atoms with van der Waals surface area (Å²) in [6.07, 6.45) is 7.16. The van der Waals surface area contributed by atoms with E-state index in [1.807, 2.05) is 54.3 Å². The van der Waals surface area contributed by atoms with Gasteiger partial charge in [-0.2, -0.15) is 0 Å². The van der Waals surface area contributed by atoms with Gasteiger partial charge in [0, 0.05) is 56.6 Å². The van der Waals surface area contributed by atoms with Crippen LogP contribution in [-0.4, -0.2) is 65.4 Å². The zero-order chi connectivity index (χ0) is 22.3. The van der Waals surface area contributed by atoms with Crippen LogP contribution in [-0.2, 0) is 11.2 Å². The number of hydrogen-bond donors (Lipinski definition) is 1. The standard InChI is InChI=1S/C26H34N4O2/c1-20-7-6-10-22(19-20)26(32)30-17-15-29(16-18-30)24(21-8-2-3-9-21)25(31)28-14-12-23-11-4-5-13-27-23/h4-7,10-11,13,19,21,24H,2-3,8-9,12,14-18H2,1H3,(H,28,31). The van der Waals surface area contributed by atoms with Crippen LogP contribution in [0.2, 0.25) is 0 Å². The zero-order valence-corrected chi connectivity index (χ0v) is 19.0. The van der Waals surface area contributed by atoms with Crippen LogP contribution in [0.25, 0.3) is 0 Å². The summed E-state index contributed by atoms with van der Waals surface area (Å²) in [6.45, 7) is 5.42. The summed E-state index contributed by atoms with van der Waals surface area (Å²) in [5.41, 5.74) is 2.84. The number of aromatic nitrogens is 1. The third-order valence-corrected chi connectivity index (χ3v) is 6.78. The molecule has 2 amide bonds. The van der Waals surface area contributed by atoms with Crippen molar-refractivity contribution in [3.63, 3.8) is 0 Å². The van der Waals surface area contributed by atoms with Gasteiger partial charge in [-0.1, -0.05) is 36.6 Å². The average molecular weight is 435 g/mol. The molecule has 6 heteroatoms. The molecule has 1 unspecified atom stereocenters. The maximum absolute atomic E-state index is 13.2. The number of amides is 2. The minimum atomic E-state index is -0.0996. The van der Waals surface area contributed by atoms with Gasteiger partial charge in [0.05, 0.1) is 6.04 Å². The number of hydrogen-bond acceptors (Lipinski definition) is 4. The van der Waals surface area contributed by atoms with Crippen LogP contribution in [0.4, 0.5) is 0 Å². The summed E-state index contributed by atoms with van der Waals surface area (Å²) in [4.78, 5) is 34.7. The molecule has 1 aromatic carbocycles. The topological polar surface area (TPSA) is 65.5 Å². The molecular formula is C26H34N4O2. The second-order valence-electron chi connectivity index (χ2n) is 9.05. The molecular weight excluding hydrogens is 400 g/mol. The maximum atomic E-state index is 13.2. The van der Waals surface area contributed by atoms with Crippen LogP contribution in [0.3, 0.4) is 0 Å². The van der Waals surface area contributed by atoms with Gasteiger partial charge >= 0.3 is 0 Å². The molecule has 1 atom stereocenters. The monoisotopic (exact) mass is 434 g/mol. The number of aryl methyl sites for hydroxylation is 1. The van der Waals surface area contributed by atoms with Gasteiger partial charge in [-0.05, 0) is 49.9 Å². The second kappa shape index (κ2) is 10.7. The molecule has 1 aliphatic heterocycles. The Hall–Kier alpha value is -2.73. The molecule has 170 valence electrons. The van der Waals surface area contributed by atoms with E-state index < -0.39 is 0 Å². The van der Waals surface area contributed by atoms with Crippen molar-refractivity contribution in [3.8, 4) is 0 Å². The van der Waals surface area contributed by atoms with Crippen molar-refractivity contribution in [2.75, 3.05) is 32.7 Å². The van der Waals surface area contributed by atoms with Crippen LogP contribution in [0.5, 0.6) is 0 Å². The van der Waals surface area contributed by atoms with E-state index in [1.165, 1.54) is 12.8 Å². The van der Waals surface area contributed by atoms with Gasteiger partial charge in [0.1, 0.15) is 0 Å². The van der Waals surface area contributed by atoms with E-state index in [1.54, 1.807) is 6.20 Å². The summed E-state index contributed by atoms with van der Waals surface area (Å²) in [6, 6.07) is 13.5. The largest absolute Gasteiger partial charge is 0.354 e. The molecule has 0 radical (unpaired) electrons.